The minimum absolute atomic E-state index is 0.0163. The number of anilines is 1. The van der Waals surface area contributed by atoms with Crippen LogP contribution in [0.3, 0.4) is 0 Å². The molecule has 0 amide bonds. The summed E-state index contributed by atoms with van der Waals surface area (Å²) in [5.41, 5.74) is 3.48. The van der Waals surface area contributed by atoms with E-state index in [-0.39, 0.29) is 5.69 Å². The summed E-state index contributed by atoms with van der Waals surface area (Å²) in [4.78, 5) is 18.4. The van der Waals surface area contributed by atoms with Crippen LogP contribution in [-0.2, 0) is 0 Å². The summed E-state index contributed by atoms with van der Waals surface area (Å²) in [6.07, 6.45) is 2.89. The van der Waals surface area contributed by atoms with Gasteiger partial charge in [0.05, 0.1) is 22.2 Å². The molecule has 0 atom stereocenters. The van der Waals surface area contributed by atoms with Gasteiger partial charge in [-0.25, -0.2) is 20.5 Å². The van der Waals surface area contributed by atoms with E-state index >= 15 is 0 Å². The van der Waals surface area contributed by atoms with E-state index in [0.29, 0.717) is 22.5 Å². The lowest BCUT2D eigenvalue weighted by Crippen LogP contribution is -2.09. The number of nitrogens with zero attached hydrogens (tertiary/aromatic N) is 5. The maximum Gasteiger partial charge on any atom is 0.271 e. The zero-order valence-electron chi connectivity index (χ0n) is 10.1. The van der Waals surface area contributed by atoms with Gasteiger partial charge in [0.15, 0.2) is 11.5 Å². The molecule has 2 heterocycles. The molecule has 3 aromatic rings. The van der Waals surface area contributed by atoms with Crippen molar-refractivity contribution < 1.29 is 4.92 Å². The van der Waals surface area contributed by atoms with Crippen LogP contribution in [0.1, 0.15) is 0 Å². The van der Waals surface area contributed by atoms with Gasteiger partial charge in [-0.15, -0.1) is 0 Å². The third kappa shape index (κ3) is 1.82. The number of hydrogen-bond donors (Lipinski definition) is 2. The minimum atomic E-state index is -0.461. The number of fused-ring (bicyclic) bond motifs is 1. The van der Waals surface area contributed by atoms with Gasteiger partial charge in [-0.3, -0.25) is 10.1 Å². The van der Waals surface area contributed by atoms with Crippen LogP contribution in [-0.4, -0.2) is 24.7 Å². The number of hydrogen-bond acceptors (Lipinski definition) is 7. The molecule has 0 aliphatic rings. The Kier molecular flexibility index (Phi) is 2.73. The first-order valence-electron chi connectivity index (χ1n) is 5.61. The van der Waals surface area contributed by atoms with Crippen molar-refractivity contribution in [1.82, 2.24) is 19.7 Å². The highest BCUT2D eigenvalue weighted by molar-refractivity contribution is 5.86. The Bertz CT molecular complexity index is 798. The lowest BCUT2D eigenvalue weighted by atomic mass is 10.3. The van der Waals surface area contributed by atoms with E-state index in [1.807, 2.05) is 0 Å². The van der Waals surface area contributed by atoms with Crippen molar-refractivity contribution in [3.05, 3.63) is 46.9 Å². The van der Waals surface area contributed by atoms with Crippen LogP contribution >= 0.6 is 0 Å². The van der Waals surface area contributed by atoms with Crippen LogP contribution in [0.25, 0.3) is 16.7 Å². The largest absolute Gasteiger partial charge is 0.308 e. The van der Waals surface area contributed by atoms with E-state index in [9.17, 15) is 10.1 Å². The molecule has 3 N–H and O–H groups in total. The summed E-state index contributed by atoms with van der Waals surface area (Å²) in [7, 11) is 0. The fourth-order valence-corrected chi connectivity index (χ4v) is 1.89. The number of rotatable bonds is 3. The Morgan fingerprint density at radius 3 is 2.95 bits per heavy atom. The van der Waals surface area contributed by atoms with Crippen LogP contribution in [0.15, 0.2) is 36.8 Å². The zero-order chi connectivity index (χ0) is 14.1. The highest BCUT2D eigenvalue weighted by atomic mass is 16.6. The first-order chi connectivity index (χ1) is 9.70. The number of nitrogen functional groups attached to an aromatic ring is 1. The lowest BCUT2D eigenvalue weighted by Gasteiger charge is -2.03. The van der Waals surface area contributed by atoms with Crippen molar-refractivity contribution in [3.8, 4) is 5.69 Å². The summed E-state index contributed by atoms with van der Waals surface area (Å²) < 4.78 is 1.49. The van der Waals surface area contributed by atoms with Gasteiger partial charge in [0.25, 0.3) is 5.69 Å². The number of aromatic nitrogens is 4. The van der Waals surface area contributed by atoms with E-state index in [0.717, 1.165) is 0 Å². The monoisotopic (exact) mass is 271 g/mol. The molecule has 3 rings (SSSR count). The van der Waals surface area contributed by atoms with Crippen molar-refractivity contribution in [2.45, 2.75) is 0 Å². The molecule has 0 unspecified atom stereocenters. The third-order valence-electron chi connectivity index (χ3n) is 2.79. The number of nitro groups is 1. The number of hydrazine groups is 1. The van der Waals surface area contributed by atoms with Crippen molar-refractivity contribution >= 4 is 22.5 Å². The van der Waals surface area contributed by atoms with Crippen LogP contribution in [0.5, 0.6) is 0 Å². The molecule has 0 spiro atoms. The number of benzene rings is 1. The van der Waals surface area contributed by atoms with E-state index in [1.165, 1.54) is 23.1 Å². The smallest absolute Gasteiger partial charge is 0.271 e. The van der Waals surface area contributed by atoms with Gasteiger partial charge < -0.3 is 5.43 Å². The Morgan fingerprint density at radius 1 is 1.35 bits per heavy atom. The standard InChI is InChI=1S/C11H9N7O2/c12-16-10-9-5-15-17(11(9)14-6-13-10)7-2-1-3-8(4-7)18(19)20/h1-6H,12H2,(H,13,14,16). The highest BCUT2D eigenvalue weighted by Crippen LogP contribution is 2.22. The molecule has 9 heteroatoms. The second kappa shape index (κ2) is 4.55. The first kappa shape index (κ1) is 12.0. The van der Waals surface area contributed by atoms with Gasteiger partial charge in [0, 0.05) is 12.1 Å². The summed E-state index contributed by atoms with van der Waals surface area (Å²) in [5.74, 6) is 5.80. The average molecular weight is 271 g/mol. The number of nitrogens with two attached hydrogens (primary N) is 1. The second-order valence-electron chi connectivity index (χ2n) is 3.94. The van der Waals surface area contributed by atoms with Gasteiger partial charge in [0.2, 0.25) is 0 Å². The molecule has 0 bridgehead atoms. The number of non-ortho nitro benzene ring substituents is 1. The van der Waals surface area contributed by atoms with Crippen molar-refractivity contribution in [3.63, 3.8) is 0 Å². The van der Waals surface area contributed by atoms with Crippen molar-refractivity contribution in [1.29, 1.82) is 0 Å². The highest BCUT2D eigenvalue weighted by Gasteiger charge is 2.12. The van der Waals surface area contributed by atoms with E-state index in [2.05, 4.69) is 20.5 Å². The molecular weight excluding hydrogens is 262 g/mol. The Hall–Kier alpha value is -3.07. The van der Waals surface area contributed by atoms with Gasteiger partial charge in [-0.1, -0.05) is 6.07 Å². The van der Waals surface area contributed by atoms with Crippen LogP contribution in [0, 0.1) is 10.1 Å². The molecule has 0 fully saturated rings. The third-order valence-corrected chi connectivity index (χ3v) is 2.79. The van der Waals surface area contributed by atoms with E-state index < -0.39 is 4.92 Å². The molecule has 9 nitrogen and oxygen atoms in total. The summed E-state index contributed by atoms with van der Waals surface area (Å²) in [6.45, 7) is 0. The van der Waals surface area contributed by atoms with Gasteiger partial charge in [-0.05, 0) is 6.07 Å². The second-order valence-corrected chi connectivity index (χ2v) is 3.94. The lowest BCUT2D eigenvalue weighted by molar-refractivity contribution is -0.384. The molecule has 100 valence electrons. The van der Waals surface area contributed by atoms with E-state index in [4.69, 9.17) is 5.84 Å². The molecule has 0 saturated heterocycles. The summed E-state index contributed by atoms with van der Waals surface area (Å²) in [5, 5.41) is 15.6. The SMILES string of the molecule is NNc1ncnc2c1cnn2-c1cccc([N+](=O)[O-])c1. The number of nitrogens with one attached hydrogen (secondary N) is 1. The Balaban J connectivity index is 2.20. The topological polar surface area (TPSA) is 125 Å². The van der Waals surface area contributed by atoms with Gasteiger partial charge in [0.1, 0.15) is 6.33 Å². The Morgan fingerprint density at radius 2 is 2.20 bits per heavy atom. The maximum absolute atomic E-state index is 10.8. The molecule has 1 aromatic carbocycles. The summed E-state index contributed by atoms with van der Waals surface area (Å²) in [6, 6.07) is 6.13. The maximum atomic E-state index is 10.8. The first-order valence-corrected chi connectivity index (χ1v) is 5.61. The molecule has 0 aliphatic carbocycles. The molecule has 0 radical (unpaired) electrons. The van der Waals surface area contributed by atoms with Crippen molar-refractivity contribution in [2.75, 3.05) is 5.43 Å². The van der Waals surface area contributed by atoms with Crippen LogP contribution < -0.4 is 11.3 Å². The van der Waals surface area contributed by atoms with Crippen LogP contribution in [0.2, 0.25) is 0 Å². The number of nitro benzene ring substituents is 1. The summed E-state index contributed by atoms with van der Waals surface area (Å²) >= 11 is 0. The fraction of sp³-hybridized carbons (Fsp3) is 0. The average Bonchev–Trinajstić information content (AvgIpc) is 2.91. The molecule has 0 aliphatic heterocycles. The zero-order valence-corrected chi connectivity index (χ0v) is 10.1. The normalized spacial score (nSPS) is 10.7. The quantitative estimate of drug-likeness (QED) is 0.413. The van der Waals surface area contributed by atoms with Crippen molar-refractivity contribution in [2.24, 2.45) is 5.84 Å². The molecule has 0 saturated carbocycles. The molecule has 2 aromatic heterocycles. The Labute approximate surface area is 112 Å². The molecule has 20 heavy (non-hydrogen) atoms. The van der Waals surface area contributed by atoms with E-state index in [1.54, 1.807) is 18.3 Å². The predicted octanol–water partition coefficient (Wildman–Crippen LogP) is 1.01. The predicted molar refractivity (Wildman–Crippen MR) is 71.1 cm³/mol. The van der Waals surface area contributed by atoms with Gasteiger partial charge >= 0.3 is 0 Å². The fourth-order valence-electron chi connectivity index (χ4n) is 1.89. The minimum Gasteiger partial charge on any atom is -0.308 e. The molecular formula is C11H9N7O2. The van der Waals surface area contributed by atoms with Gasteiger partial charge in [-0.2, -0.15) is 5.10 Å². The van der Waals surface area contributed by atoms with Crippen LogP contribution in [0.4, 0.5) is 11.5 Å².